The highest BCUT2D eigenvalue weighted by Crippen LogP contribution is 2.06. The summed E-state index contributed by atoms with van der Waals surface area (Å²) in [6, 6.07) is 7.06. The number of benzene rings is 1. The lowest BCUT2D eigenvalue weighted by molar-refractivity contribution is -0.129. The van der Waals surface area contributed by atoms with Gasteiger partial charge in [0.2, 0.25) is 17.7 Å². The molecule has 176 valence electrons. The first kappa shape index (κ1) is 26.6. The van der Waals surface area contributed by atoms with Crippen LogP contribution in [0.1, 0.15) is 26.3 Å². The lowest BCUT2D eigenvalue weighted by Crippen LogP contribution is -2.52. The van der Waals surface area contributed by atoms with Crippen molar-refractivity contribution >= 4 is 30.1 Å². The molecule has 0 aliphatic carbocycles. The number of ether oxygens (including phenoxy) is 1. The van der Waals surface area contributed by atoms with Crippen LogP contribution in [0.2, 0.25) is 0 Å². The summed E-state index contributed by atoms with van der Waals surface area (Å²) in [6.07, 6.45) is 0.0282. The van der Waals surface area contributed by atoms with E-state index in [1.165, 1.54) is 0 Å². The summed E-state index contributed by atoms with van der Waals surface area (Å²) in [5.74, 6) is -2.05. The maximum absolute atomic E-state index is 12.0. The second-order valence-electron chi connectivity index (χ2n) is 7.88. The lowest BCUT2D eigenvalue weighted by atomic mass is 10.1. The molecule has 1 aromatic carbocycles. The summed E-state index contributed by atoms with van der Waals surface area (Å²) in [5, 5.41) is 18.5. The maximum atomic E-state index is 12.0. The fraction of sp³-hybridized carbons (Fsp3) is 0.476. The van der Waals surface area contributed by atoms with Crippen LogP contribution >= 0.6 is 0 Å². The summed E-state index contributed by atoms with van der Waals surface area (Å²) in [7, 11) is 0. The molecule has 4 amide bonds. The number of rotatable bonds is 11. The standard InChI is InChI=1S/C21H30N4O7/c1-21(2,3)32-20(31)25-16(13-27)19(30)23-10-17(28)22-11-18(29)24-15(12-26)9-14-7-5-4-6-8-14/h4-8,12,15-16,27H,9-11,13H2,1-3H3,(H,22,28)(H,23,30)(H,24,29)(H,25,31). The Morgan fingerprint density at radius 1 is 1.00 bits per heavy atom. The van der Waals surface area contributed by atoms with Gasteiger partial charge >= 0.3 is 6.09 Å². The summed E-state index contributed by atoms with van der Waals surface area (Å²) in [4.78, 5) is 58.8. The van der Waals surface area contributed by atoms with Crippen molar-refractivity contribution in [2.24, 2.45) is 0 Å². The highest BCUT2D eigenvalue weighted by atomic mass is 16.6. The molecule has 5 N–H and O–H groups in total. The first-order valence-corrected chi connectivity index (χ1v) is 9.97. The number of aliphatic hydroxyl groups is 1. The minimum absolute atomic E-state index is 0.313. The van der Waals surface area contributed by atoms with Gasteiger partial charge in [-0.3, -0.25) is 14.4 Å². The van der Waals surface area contributed by atoms with E-state index in [-0.39, 0.29) is 0 Å². The summed E-state index contributed by atoms with van der Waals surface area (Å²) in [5.41, 5.74) is 0.0837. The fourth-order valence-electron chi connectivity index (χ4n) is 2.43. The van der Waals surface area contributed by atoms with Crippen molar-refractivity contribution in [1.29, 1.82) is 0 Å². The van der Waals surface area contributed by atoms with Crippen LogP contribution in [0.15, 0.2) is 30.3 Å². The van der Waals surface area contributed by atoms with Gasteiger partial charge < -0.3 is 35.9 Å². The topological polar surface area (TPSA) is 163 Å². The fourth-order valence-corrected chi connectivity index (χ4v) is 2.43. The number of alkyl carbamates (subject to hydrolysis) is 1. The monoisotopic (exact) mass is 450 g/mol. The Morgan fingerprint density at radius 3 is 2.19 bits per heavy atom. The van der Waals surface area contributed by atoms with Gasteiger partial charge in [0.05, 0.1) is 25.7 Å². The van der Waals surface area contributed by atoms with Crippen LogP contribution in [-0.2, 0) is 30.3 Å². The average Bonchev–Trinajstić information content (AvgIpc) is 2.73. The Balaban J connectivity index is 2.38. The molecule has 2 unspecified atom stereocenters. The molecule has 0 aromatic heterocycles. The zero-order chi connectivity index (χ0) is 24.1. The van der Waals surface area contributed by atoms with Crippen LogP contribution in [0.25, 0.3) is 0 Å². The van der Waals surface area contributed by atoms with Crippen molar-refractivity contribution in [3.8, 4) is 0 Å². The number of carbonyl (C=O) groups excluding carboxylic acids is 5. The molecule has 0 saturated carbocycles. The number of hydrogen-bond donors (Lipinski definition) is 5. The molecule has 2 atom stereocenters. The summed E-state index contributed by atoms with van der Waals surface area (Å²) < 4.78 is 5.00. The lowest BCUT2D eigenvalue weighted by Gasteiger charge is -2.22. The molecule has 0 bridgehead atoms. The molecule has 1 rings (SSSR count). The molecular weight excluding hydrogens is 420 g/mol. The van der Waals surface area contributed by atoms with E-state index in [4.69, 9.17) is 4.74 Å². The number of carbonyl (C=O) groups is 5. The number of amides is 4. The average molecular weight is 450 g/mol. The van der Waals surface area contributed by atoms with Gasteiger partial charge in [-0.15, -0.1) is 0 Å². The van der Waals surface area contributed by atoms with Crippen molar-refractivity contribution < 1.29 is 33.8 Å². The van der Waals surface area contributed by atoms with Gasteiger partial charge in [0.15, 0.2) is 0 Å². The molecule has 0 heterocycles. The van der Waals surface area contributed by atoms with E-state index in [0.29, 0.717) is 12.7 Å². The Kier molecular flexibility index (Phi) is 10.8. The van der Waals surface area contributed by atoms with E-state index in [1.54, 1.807) is 20.8 Å². The first-order chi connectivity index (χ1) is 15.0. The second-order valence-corrected chi connectivity index (χ2v) is 7.88. The molecular formula is C21H30N4O7. The molecule has 11 heteroatoms. The number of nitrogens with one attached hydrogen (secondary N) is 4. The first-order valence-electron chi connectivity index (χ1n) is 9.97. The Labute approximate surface area is 186 Å². The third-order valence-corrected chi connectivity index (χ3v) is 3.87. The molecule has 0 radical (unpaired) electrons. The third kappa shape index (κ3) is 11.1. The molecule has 1 aromatic rings. The van der Waals surface area contributed by atoms with Crippen LogP contribution in [0.3, 0.4) is 0 Å². The minimum Gasteiger partial charge on any atom is -0.444 e. The normalized spacial score (nSPS) is 12.6. The van der Waals surface area contributed by atoms with Crippen LogP contribution < -0.4 is 21.3 Å². The summed E-state index contributed by atoms with van der Waals surface area (Å²) in [6.45, 7) is 3.33. The number of hydrogen-bond acceptors (Lipinski definition) is 7. The van der Waals surface area contributed by atoms with Gasteiger partial charge in [-0.25, -0.2) is 4.79 Å². The predicted molar refractivity (Wildman–Crippen MR) is 114 cm³/mol. The summed E-state index contributed by atoms with van der Waals surface area (Å²) >= 11 is 0. The van der Waals surface area contributed by atoms with Crippen LogP contribution in [0.4, 0.5) is 4.79 Å². The van der Waals surface area contributed by atoms with Gasteiger partial charge in [0, 0.05) is 0 Å². The Morgan fingerprint density at radius 2 is 1.62 bits per heavy atom. The van der Waals surface area contributed by atoms with Crippen molar-refractivity contribution in [3.05, 3.63) is 35.9 Å². The van der Waals surface area contributed by atoms with Gasteiger partial charge in [-0.2, -0.15) is 0 Å². The molecule has 32 heavy (non-hydrogen) atoms. The Hall–Kier alpha value is -3.47. The zero-order valence-corrected chi connectivity index (χ0v) is 18.3. The predicted octanol–water partition coefficient (Wildman–Crippen LogP) is -0.969. The smallest absolute Gasteiger partial charge is 0.408 e. The van der Waals surface area contributed by atoms with E-state index in [0.717, 1.165) is 5.56 Å². The molecule has 0 fully saturated rings. The van der Waals surface area contributed by atoms with Crippen LogP contribution in [0, 0.1) is 0 Å². The van der Waals surface area contributed by atoms with Crippen molar-refractivity contribution in [3.63, 3.8) is 0 Å². The van der Waals surface area contributed by atoms with Gasteiger partial charge in [-0.05, 0) is 32.8 Å². The molecule has 0 saturated heterocycles. The highest BCUT2D eigenvalue weighted by molar-refractivity contribution is 5.91. The van der Waals surface area contributed by atoms with E-state index in [9.17, 15) is 29.1 Å². The van der Waals surface area contributed by atoms with Gasteiger partial charge in [0.1, 0.15) is 17.9 Å². The van der Waals surface area contributed by atoms with Gasteiger partial charge in [-0.1, -0.05) is 30.3 Å². The minimum atomic E-state index is -1.31. The zero-order valence-electron chi connectivity index (χ0n) is 18.3. The van der Waals surface area contributed by atoms with Crippen LogP contribution in [0.5, 0.6) is 0 Å². The molecule has 0 spiro atoms. The van der Waals surface area contributed by atoms with Crippen molar-refractivity contribution in [2.45, 2.75) is 44.9 Å². The largest absolute Gasteiger partial charge is 0.444 e. The molecule has 0 aliphatic heterocycles. The van der Waals surface area contributed by atoms with E-state index < -0.39 is 61.2 Å². The Bertz CT molecular complexity index is 793. The maximum Gasteiger partial charge on any atom is 0.408 e. The quantitative estimate of drug-likeness (QED) is 0.271. The van der Waals surface area contributed by atoms with Gasteiger partial charge in [0.25, 0.3) is 0 Å². The van der Waals surface area contributed by atoms with Crippen molar-refractivity contribution in [1.82, 2.24) is 21.3 Å². The molecule has 0 aliphatic rings. The SMILES string of the molecule is CC(C)(C)OC(=O)NC(CO)C(=O)NCC(=O)NCC(=O)NC(C=O)Cc1ccccc1. The van der Waals surface area contributed by atoms with Crippen molar-refractivity contribution in [2.75, 3.05) is 19.7 Å². The third-order valence-electron chi connectivity index (χ3n) is 3.87. The highest BCUT2D eigenvalue weighted by Gasteiger charge is 2.24. The number of aliphatic hydroxyl groups excluding tert-OH is 1. The van der Waals surface area contributed by atoms with E-state index in [2.05, 4.69) is 21.3 Å². The van der Waals surface area contributed by atoms with Crippen LogP contribution in [-0.4, -0.2) is 72.6 Å². The number of aldehydes is 1. The molecule has 11 nitrogen and oxygen atoms in total. The van der Waals surface area contributed by atoms with E-state index >= 15 is 0 Å². The second kappa shape index (κ2) is 13.1. The van der Waals surface area contributed by atoms with E-state index in [1.807, 2.05) is 30.3 Å².